The molecular formula is C25H18F3N3O5. The van der Waals surface area contributed by atoms with E-state index in [1.54, 1.807) is 24.7 Å². The summed E-state index contributed by atoms with van der Waals surface area (Å²) in [5.41, 5.74) is 2.49. The largest absolute Gasteiger partial charge is 0.490 e. The Bertz CT molecular complexity index is 1490. The summed E-state index contributed by atoms with van der Waals surface area (Å²) in [7, 11) is 0. The molecule has 1 amide bonds. The fourth-order valence-corrected chi connectivity index (χ4v) is 3.62. The van der Waals surface area contributed by atoms with Crippen LogP contribution in [0.2, 0.25) is 0 Å². The van der Waals surface area contributed by atoms with Gasteiger partial charge in [0.15, 0.2) is 6.10 Å². The molecular weight excluding hydrogens is 479 g/mol. The second-order valence-corrected chi connectivity index (χ2v) is 7.74. The number of nitrogens with zero attached hydrogens (tertiary/aromatic N) is 1. The van der Waals surface area contributed by atoms with Crippen LogP contribution in [0, 0.1) is 0 Å². The Morgan fingerprint density at radius 2 is 1.75 bits per heavy atom. The molecule has 1 aliphatic rings. The van der Waals surface area contributed by atoms with Crippen LogP contribution in [0.5, 0.6) is 5.75 Å². The minimum absolute atomic E-state index is 0.189. The first-order chi connectivity index (χ1) is 17.1. The monoisotopic (exact) mass is 497 g/mol. The molecule has 1 unspecified atom stereocenters. The number of fused-ring (bicyclic) bond motifs is 3. The van der Waals surface area contributed by atoms with Gasteiger partial charge in [-0.05, 0) is 34.7 Å². The Balaban J connectivity index is 0.000000384. The fourth-order valence-electron chi connectivity index (χ4n) is 3.62. The first-order valence-electron chi connectivity index (χ1n) is 10.5. The van der Waals surface area contributed by atoms with Crippen LogP contribution in [0.3, 0.4) is 0 Å². The minimum Gasteiger partial charge on any atom is -0.479 e. The maximum absolute atomic E-state index is 12.8. The number of H-pyrrole nitrogens is 1. The number of aromatic nitrogens is 2. The van der Waals surface area contributed by atoms with E-state index in [-0.39, 0.29) is 17.2 Å². The van der Waals surface area contributed by atoms with Crippen molar-refractivity contribution >= 4 is 28.3 Å². The van der Waals surface area contributed by atoms with E-state index < -0.39 is 18.2 Å². The third kappa shape index (κ3) is 5.35. The average Bonchev–Trinajstić information content (AvgIpc) is 3.31. The third-order valence-electron chi connectivity index (χ3n) is 5.34. The van der Waals surface area contributed by atoms with Crippen molar-refractivity contribution in [1.29, 1.82) is 0 Å². The highest BCUT2D eigenvalue weighted by molar-refractivity contribution is 5.97. The van der Waals surface area contributed by atoms with Gasteiger partial charge in [-0.15, -0.1) is 0 Å². The first kappa shape index (κ1) is 24.5. The standard InChI is InChI=1S/C23H17N3O3.C2HF3O2/c27-22-19(11-17(13-25-22)14-7-9-24-10-8-14)26-23(28)20-12-16-6-5-15-3-1-2-4-18(15)21(16)29-20;3-2(4,5)1(6)7/h1-11,13,20H,12H2,(H,25,27)(H,26,28);(H,6,7). The van der Waals surface area contributed by atoms with Crippen molar-refractivity contribution in [2.45, 2.75) is 18.7 Å². The molecule has 0 radical (unpaired) electrons. The number of carboxylic acids is 1. The normalized spacial score (nSPS) is 14.2. The zero-order valence-corrected chi connectivity index (χ0v) is 18.4. The van der Waals surface area contributed by atoms with Gasteiger partial charge in [0, 0.05) is 36.0 Å². The van der Waals surface area contributed by atoms with Gasteiger partial charge in [0.05, 0.1) is 0 Å². The summed E-state index contributed by atoms with van der Waals surface area (Å²) in [4.78, 5) is 40.6. The number of aromatic amines is 1. The summed E-state index contributed by atoms with van der Waals surface area (Å²) in [5.74, 6) is -2.36. The Morgan fingerprint density at radius 3 is 2.44 bits per heavy atom. The Labute approximate surface area is 201 Å². The third-order valence-corrected chi connectivity index (χ3v) is 5.34. The number of rotatable bonds is 3. The van der Waals surface area contributed by atoms with Crippen LogP contribution in [-0.4, -0.2) is 39.2 Å². The lowest BCUT2D eigenvalue weighted by Crippen LogP contribution is -2.33. The number of anilines is 1. The summed E-state index contributed by atoms with van der Waals surface area (Å²) in [6, 6.07) is 17.3. The van der Waals surface area contributed by atoms with Gasteiger partial charge >= 0.3 is 12.1 Å². The molecule has 0 fully saturated rings. The number of nitrogens with one attached hydrogen (secondary N) is 2. The number of benzene rings is 2. The van der Waals surface area contributed by atoms with Crippen molar-refractivity contribution in [2.75, 3.05) is 5.32 Å². The molecule has 184 valence electrons. The quantitative estimate of drug-likeness (QED) is 0.391. The number of alkyl halides is 3. The molecule has 3 N–H and O–H groups in total. The van der Waals surface area contributed by atoms with Gasteiger partial charge in [-0.25, -0.2) is 4.79 Å². The summed E-state index contributed by atoms with van der Waals surface area (Å²) >= 11 is 0. The van der Waals surface area contributed by atoms with E-state index in [1.165, 1.54) is 0 Å². The molecule has 1 aliphatic heterocycles. The summed E-state index contributed by atoms with van der Waals surface area (Å²) < 4.78 is 37.7. The molecule has 1 atom stereocenters. The van der Waals surface area contributed by atoms with Crippen molar-refractivity contribution in [3.05, 3.63) is 89.1 Å². The van der Waals surface area contributed by atoms with Gasteiger partial charge in [-0.3, -0.25) is 14.6 Å². The molecule has 0 bridgehead atoms. The molecule has 0 aliphatic carbocycles. The van der Waals surface area contributed by atoms with Gasteiger partial charge in [0.2, 0.25) is 0 Å². The maximum atomic E-state index is 12.8. The molecule has 4 aromatic rings. The van der Waals surface area contributed by atoms with E-state index in [9.17, 15) is 22.8 Å². The Kier molecular flexibility index (Phi) is 6.73. The molecule has 3 heterocycles. The van der Waals surface area contributed by atoms with E-state index in [4.69, 9.17) is 14.6 Å². The van der Waals surface area contributed by atoms with Crippen LogP contribution in [-0.2, 0) is 16.0 Å². The van der Waals surface area contributed by atoms with Crippen molar-refractivity contribution in [1.82, 2.24) is 9.97 Å². The van der Waals surface area contributed by atoms with Gasteiger partial charge in [-0.1, -0.05) is 36.4 Å². The Hall–Kier alpha value is -4.67. The zero-order chi connectivity index (χ0) is 25.9. The summed E-state index contributed by atoms with van der Waals surface area (Å²) in [6.07, 6.45) is -0.339. The SMILES string of the molecule is O=C(Nc1cc(-c2ccncc2)c[nH]c1=O)C1Cc2ccc3ccccc3c2O1.O=C(O)C(F)(F)F. The summed E-state index contributed by atoms with van der Waals surface area (Å²) in [6.45, 7) is 0. The number of aliphatic carboxylic acids is 1. The van der Waals surface area contributed by atoms with Crippen molar-refractivity contribution in [3.8, 4) is 16.9 Å². The lowest BCUT2D eigenvalue weighted by atomic mass is 10.0. The molecule has 36 heavy (non-hydrogen) atoms. The average molecular weight is 497 g/mol. The first-order valence-corrected chi connectivity index (χ1v) is 10.5. The van der Waals surface area contributed by atoms with Gasteiger partial charge < -0.3 is 20.1 Å². The topological polar surface area (TPSA) is 121 Å². The van der Waals surface area contributed by atoms with Crippen LogP contribution >= 0.6 is 0 Å². The minimum atomic E-state index is -5.08. The number of hydrogen-bond acceptors (Lipinski definition) is 5. The van der Waals surface area contributed by atoms with Crippen LogP contribution < -0.4 is 15.6 Å². The lowest BCUT2D eigenvalue weighted by Gasteiger charge is -2.12. The van der Waals surface area contributed by atoms with Crippen LogP contribution in [0.1, 0.15) is 5.56 Å². The predicted octanol–water partition coefficient (Wildman–Crippen LogP) is 4.17. The molecule has 0 saturated heterocycles. The predicted molar refractivity (Wildman–Crippen MR) is 125 cm³/mol. The number of carbonyl (C=O) groups excluding carboxylic acids is 1. The van der Waals surface area contributed by atoms with E-state index in [1.807, 2.05) is 48.5 Å². The van der Waals surface area contributed by atoms with Crippen LogP contribution in [0.4, 0.5) is 18.9 Å². The fraction of sp³-hybridized carbons (Fsp3) is 0.120. The van der Waals surface area contributed by atoms with Gasteiger partial charge in [0.25, 0.3) is 11.5 Å². The van der Waals surface area contributed by atoms with E-state index in [0.717, 1.165) is 33.2 Å². The van der Waals surface area contributed by atoms with E-state index >= 15 is 0 Å². The Morgan fingerprint density at radius 1 is 1.06 bits per heavy atom. The summed E-state index contributed by atoms with van der Waals surface area (Å²) in [5, 5.41) is 11.9. The van der Waals surface area contributed by atoms with Crippen molar-refractivity contribution in [3.63, 3.8) is 0 Å². The van der Waals surface area contributed by atoms with Gasteiger partial charge in [-0.2, -0.15) is 13.2 Å². The van der Waals surface area contributed by atoms with E-state index in [0.29, 0.717) is 6.42 Å². The highest BCUT2D eigenvalue weighted by Crippen LogP contribution is 2.36. The second kappa shape index (κ2) is 9.90. The highest BCUT2D eigenvalue weighted by Gasteiger charge is 2.38. The van der Waals surface area contributed by atoms with Crippen molar-refractivity contribution in [2.24, 2.45) is 0 Å². The molecule has 11 heteroatoms. The molecule has 0 saturated carbocycles. The smallest absolute Gasteiger partial charge is 0.479 e. The molecule has 5 rings (SSSR count). The number of halogens is 3. The van der Waals surface area contributed by atoms with Crippen molar-refractivity contribution < 1.29 is 32.6 Å². The van der Waals surface area contributed by atoms with E-state index in [2.05, 4.69) is 15.3 Å². The number of pyridine rings is 2. The number of carbonyl (C=O) groups is 2. The highest BCUT2D eigenvalue weighted by atomic mass is 19.4. The van der Waals surface area contributed by atoms with Crippen LogP contribution in [0.25, 0.3) is 21.9 Å². The second-order valence-electron chi connectivity index (χ2n) is 7.74. The molecule has 0 spiro atoms. The number of hydrogen-bond donors (Lipinski definition) is 3. The number of amides is 1. The van der Waals surface area contributed by atoms with Gasteiger partial charge in [0.1, 0.15) is 11.4 Å². The molecule has 2 aromatic heterocycles. The zero-order valence-electron chi connectivity index (χ0n) is 18.4. The number of ether oxygens (including phenoxy) is 1. The van der Waals surface area contributed by atoms with Crippen LogP contribution in [0.15, 0.2) is 78.0 Å². The lowest BCUT2D eigenvalue weighted by molar-refractivity contribution is -0.192. The maximum Gasteiger partial charge on any atom is 0.490 e. The molecule has 8 nitrogen and oxygen atoms in total. The molecule has 2 aromatic carbocycles. The number of carboxylic acid groups (broad SMARTS) is 1.